The number of rotatable bonds is 4. The number of aromatic nitrogens is 3. The van der Waals surface area contributed by atoms with E-state index in [4.69, 9.17) is 19.4 Å². The van der Waals surface area contributed by atoms with Crippen LogP contribution in [0.4, 0.5) is 0 Å². The highest BCUT2D eigenvalue weighted by atomic mass is 16.3. The number of hydrogen-bond acceptors (Lipinski definition) is 4. The Morgan fingerprint density at radius 3 is 2.02 bits per heavy atom. The van der Waals surface area contributed by atoms with E-state index in [1.165, 1.54) is 33.0 Å². The first kappa shape index (κ1) is 25.6. The molecule has 212 valence electrons. The van der Waals surface area contributed by atoms with E-state index < -0.39 is 0 Å². The highest BCUT2D eigenvalue weighted by Crippen LogP contribution is 2.40. The van der Waals surface area contributed by atoms with Crippen LogP contribution in [0.5, 0.6) is 0 Å². The predicted octanol–water partition coefficient (Wildman–Crippen LogP) is 10.3. The first-order valence-electron chi connectivity index (χ1n) is 15.3. The SMILES string of the molecule is C1=CC(c2nc(-c3ccccc3)nc(-c3cccc4oc5ccccc5c34)n2)Cc2c1cc(-c1ccccc1)c1ccccc21. The molecule has 0 aliphatic heterocycles. The van der Waals surface area contributed by atoms with Crippen LogP contribution in [-0.4, -0.2) is 15.0 Å². The topological polar surface area (TPSA) is 51.8 Å². The van der Waals surface area contributed by atoms with Crippen LogP contribution in [0.25, 0.3) is 72.7 Å². The summed E-state index contributed by atoms with van der Waals surface area (Å²) in [4.78, 5) is 15.4. The van der Waals surface area contributed by atoms with Crippen molar-refractivity contribution in [3.63, 3.8) is 0 Å². The van der Waals surface area contributed by atoms with Gasteiger partial charge in [0, 0.05) is 27.8 Å². The lowest BCUT2D eigenvalue weighted by atomic mass is 9.83. The van der Waals surface area contributed by atoms with E-state index in [-0.39, 0.29) is 5.92 Å². The molecule has 0 radical (unpaired) electrons. The highest BCUT2D eigenvalue weighted by molar-refractivity contribution is 6.11. The fourth-order valence-corrected chi connectivity index (χ4v) is 6.73. The fourth-order valence-electron chi connectivity index (χ4n) is 6.73. The van der Waals surface area contributed by atoms with E-state index in [0.717, 1.165) is 45.3 Å². The van der Waals surface area contributed by atoms with Crippen molar-refractivity contribution in [1.29, 1.82) is 0 Å². The van der Waals surface area contributed by atoms with Crippen molar-refractivity contribution in [2.24, 2.45) is 0 Å². The van der Waals surface area contributed by atoms with Crippen molar-refractivity contribution in [3.05, 3.63) is 156 Å². The summed E-state index contributed by atoms with van der Waals surface area (Å²) in [5.74, 6) is 2.08. The van der Waals surface area contributed by atoms with Crippen LogP contribution in [0.15, 0.2) is 144 Å². The molecule has 2 heterocycles. The van der Waals surface area contributed by atoms with Gasteiger partial charge in [-0.15, -0.1) is 0 Å². The van der Waals surface area contributed by atoms with Gasteiger partial charge in [-0.05, 0) is 57.6 Å². The first-order chi connectivity index (χ1) is 22.3. The summed E-state index contributed by atoms with van der Waals surface area (Å²) < 4.78 is 6.22. The van der Waals surface area contributed by atoms with Crippen molar-refractivity contribution >= 4 is 38.8 Å². The first-order valence-corrected chi connectivity index (χ1v) is 15.3. The lowest BCUT2D eigenvalue weighted by molar-refractivity contribution is 0.669. The monoisotopic (exact) mass is 577 g/mol. The number of para-hydroxylation sites is 1. The average molecular weight is 578 g/mol. The molecule has 2 aromatic heterocycles. The number of benzene rings is 6. The van der Waals surface area contributed by atoms with E-state index in [0.29, 0.717) is 11.6 Å². The Bertz CT molecular complexity index is 2410. The van der Waals surface area contributed by atoms with E-state index in [2.05, 4.69) is 97.1 Å². The van der Waals surface area contributed by atoms with Gasteiger partial charge in [0.25, 0.3) is 0 Å². The molecule has 6 aromatic carbocycles. The molecule has 45 heavy (non-hydrogen) atoms. The van der Waals surface area contributed by atoms with E-state index in [9.17, 15) is 0 Å². The van der Waals surface area contributed by atoms with Gasteiger partial charge in [0.15, 0.2) is 11.6 Å². The van der Waals surface area contributed by atoms with E-state index in [1.807, 2.05) is 48.5 Å². The summed E-state index contributed by atoms with van der Waals surface area (Å²) in [7, 11) is 0. The lowest BCUT2D eigenvalue weighted by Gasteiger charge is -2.23. The molecule has 0 N–H and O–H groups in total. The van der Waals surface area contributed by atoms with Crippen LogP contribution < -0.4 is 0 Å². The molecular formula is C41H27N3O. The Hall–Kier alpha value is -5.87. The Balaban J connectivity index is 1.22. The minimum atomic E-state index is -0.00649. The van der Waals surface area contributed by atoms with Gasteiger partial charge in [0.1, 0.15) is 17.0 Å². The summed E-state index contributed by atoms with van der Waals surface area (Å²) in [5.41, 5.74) is 8.63. The summed E-state index contributed by atoms with van der Waals surface area (Å²) in [6, 6.07) is 46.1. The molecule has 1 unspecified atom stereocenters. The Morgan fingerprint density at radius 2 is 1.20 bits per heavy atom. The quantitative estimate of drug-likeness (QED) is 0.209. The Morgan fingerprint density at radius 1 is 0.533 bits per heavy atom. The zero-order valence-corrected chi connectivity index (χ0v) is 24.4. The van der Waals surface area contributed by atoms with Crippen LogP contribution in [-0.2, 0) is 6.42 Å². The van der Waals surface area contributed by atoms with Crippen LogP contribution in [0.2, 0.25) is 0 Å². The molecule has 1 atom stereocenters. The third kappa shape index (κ3) is 4.34. The van der Waals surface area contributed by atoms with Crippen molar-refractivity contribution in [2.75, 3.05) is 0 Å². The normalized spacial score (nSPS) is 14.3. The zero-order chi connectivity index (χ0) is 29.7. The standard InChI is InChI=1S/C41H27N3O/c1-3-12-26(13-4-1)34-24-28-22-23-29(25-35(28)31-17-8-7-16-30(31)34)40-42-39(27-14-5-2-6-15-27)43-41(44-40)33-19-11-21-37-38(33)32-18-9-10-20-36(32)45-37/h1-24,29H,25H2. The average Bonchev–Trinajstić information content (AvgIpc) is 3.51. The summed E-state index contributed by atoms with van der Waals surface area (Å²) >= 11 is 0. The summed E-state index contributed by atoms with van der Waals surface area (Å²) in [5, 5.41) is 4.61. The van der Waals surface area contributed by atoms with Crippen molar-refractivity contribution in [2.45, 2.75) is 12.3 Å². The van der Waals surface area contributed by atoms with Crippen LogP contribution in [0, 0.1) is 0 Å². The van der Waals surface area contributed by atoms with Crippen molar-refractivity contribution < 1.29 is 4.42 Å². The Kier molecular flexibility index (Phi) is 5.91. The second-order valence-corrected chi connectivity index (χ2v) is 11.6. The maximum atomic E-state index is 6.22. The lowest BCUT2D eigenvalue weighted by Crippen LogP contribution is -2.12. The van der Waals surface area contributed by atoms with Crippen LogP contribution in [0.3, 0.4) is 0 Å². The number of allylic oxidation sites excluding steroid dienone is 1. The van der Waals surface area contributed by atoms with E-state index >= 15 is 0 Å². The number of nitrogens with zero attached hydrogens (tertiary/aromatic N) is 3. The molecule has 0 bridgehead atoms. The molecule has 8 aromatic rings. The highest BCUT2D eigenvalue weighted by Gasteiger charge is 2.24. The predicted molar refractivity (Wildman–Crippen MR) is 183 cm³/mol. The van der Waals surface area contributed by atoms with Gasteiger partial charge in [-0.1, -0.05) is 127 Å². The smallest absolute Gasteiger partial charge is 0.164 e. The van der Waals surface area contributed by atoms with Crippen LogP contribution in [0.1, 0.15) is 22.9 Å². The molecule has 9 rings (SSSR count). The molecule has 4 nitrogen and oxygen atoms in total. The van der Waals surface area contributed by atoms with E-state index in [1.54, 1.807) is 0 Å². The second kappa shape index (κ2) is 10.4. The van der Waals surface area contributed by atoms with Gasteiger partial charge in [0.2, 0.25) is 0 Å². The minimum Gasteiger partial charge on any atom is -0.456 e. The maximum absolute atomic E-state index is 6.22. The Labute approximate surface area is 260 Å². The third-order valence-electron chi connectivity index (χ3n) is 8.87. The molecule has 0 spiro atoms. The van der Waals surface area contributed by atoms with Gasteiger partial charge < -0.3 is 4.42 Å². The molecule has 1 aliphatic carbocycles. The number of furan rings is 1. The van der Waals surface area contributed by atoms with Gasteiger partial charge in [-0.2, -0.15) is 0 Å². The summed E-state index contributed by atoms with van der Waals surface area (Å²) in [6.45, 7) is 0. The zero-order valence-electron chi connectivity index (χ0n) is 24.4. The molecule has 0 saturated carbocycles. The number of fused-ring (bicyclic) bond motifs is 6. The minimum absolute atomic E-state index is 0.00649. The molecule has 4 heteroatoms. The van der Waals surface area contributed by atoms with Gasteiger partial charge >= 0.3 is 0 Å². The van der Waals surface area contributed by atoms with Crippen LogP contribution >= 0.6 is 0 Å². The van der Waals surface area contributed by atoms with Crippen molar-refractivity contribution in [3.8, 4) is 33.9 Å². The largest absolute Gasteiger partial charge is 0.456 e. The molecule has 0 fully saturated rings. The molecule has 1 aliphatic rings. The molecule has 0 amide bonds. The van der Waals surface area contributed by atoms with Crippen molar-refractivity contribution in [1.82, 2.24) is 15.0 Å². The fraction of sp³-hybridized carbons (Fsp3) is 0.0488. The molecular weight excluding hydrogens is 550 g/mol. The second-order valence-electron chi connectivity index (χ2n) is 11.6. The van der Waals surface area contributed by atoms with Gasteiger partial charge in [0.05, 0.1) is 0 Å². The summed E-state index contributed by atoms with van der Waals surface area (Å²) in [6.07, 6.45) is 5.31. The maximum Gasteiger partial charge on any atom is 0.164 e. The van der Waals surface area contributed by atoms with Gasteiger partial charge in [-0.25, -0.2) is 15.0 Å². The number of hydrogen-bond donors (Lipinski definition) is 0. The molecule has 0 saturated heterocycles. The van der Waals surface area contributed by atoms with Gasteiger partial charge in [-0.3, -0.25) is 0 Å². The third-order valence-corrected chi connectivity index (χ3v) is 8.87.